The minimum Gasteiger partial charge on any atom is -0.444 e. The van der Waals surface area contributed by atoms with Crippen LogP contribution >= 0.6 is 0 Å². The molecule has 9 amide bonds. The molecule has 1 unspecified atom stereocenters. The fraction of sp³-hybridized carbons (Fsp3) is 0.404. The Morgan fingerprint density at radius 2 is 1.28 bits per heavy atom. The van der Waals surface area contributed by atoms with Gasteiger partial charge in [-0.1, -0.05) is 109 Å². The number of rotatable bonds is 20. The average molecular weight is 1130 g/mol. The van der Waals surface area contributed by atoms with Crippen molar-refractivity contribution in [2.75, 3.05) is 52.5 Å². The van der Waals surface area contributed by atoms with Gasteiger partial charge in [-0.05, 0) is 49.4 Å². The Morgan fingerprint density at radius 1 is 0.671 bits per heavy atom. The summed E-state index contributed by atoms with van der Waals surface area (Å²) in [6, 6.07) is 31.6. The first kappa shape index (κ1) is 60.7. The van der Waals surface area contributed by atoms with Crippen molar-refractivity contribution in [3.63, 3.8) is 0 Å². The minimum atomic E-state index is -1.72. The summed E-state index contributed by atoms with van der Waals surface area (Å²) in [7, 11) is 0. The summed E-state index contributed by atoms with van der Waals surface area (Å²) >= 11 is 0. The standard InChI is InChI=1S/C57H71N11O14/c1-57(2,3)82-53(73)62-34-40-21-19-39(20-22-40)33-61-52(72)65-26-28-66(29-27-65)56(76)81-45-23-32-77-48(47(45)78-35-41-13-6-4-7-14-41)46(69)50(70)59-24-12-25-60-51(71)67-30-31-68(38-67)64-55(75)80-37-43-17-10-11-18-44(43)49(58)63-54(74)79-36-42-15-8-5-9-16-42/h4-11,13-22,30-31,45-48,69H,12,23-29,32-38H2,1-3H3,(H,59,70)(H,60,71)(H,61,72)(H,62,73)(H,64,75)(H2,58,63,74)/t45-,46?,47+,48-/m1/s1. The Morgan fingerprint density at radius 3 is 1.96 bits per heavy atom. The van der Waals surface area contributed by atoms with E-state index in [1.165, 1.54) is 27.2 Å². The van der Waals surface area contributed by atoms with Crippen molar-refractivity contribution in [2.24, 2.45) is 0 Å². The third-order valence-electron chi connectivity index (χ3n) is 12.9. The predicted octanol–water partition coefficient (Wildman–Crippen LogP) is 5.13. The number of ether oxygens (including phenoxy) is 6. The molecule has 0 bridgehead atoms. The smallest absolute Gasteiger partial charge is 0.426 e. The number of amides is 9. The number of nitrogens with zero attached hydrogens (tertiary/aromatic N) is 4. The first-order chi connectivity index (χ1) is 39.5. The fourth-order valence-electron chi connectivity index (χ4n) is 8.59. The molecule has 0 spiro atoms. The van der Waals surface area contributed by atoms with E-state index >= 15 is 0 Å². The van der Waals surface area contributed by atoms with Gasteiger partial charge in [0.25, 0.3) is 5.91 Å². The summed E-state index contributed by atoms with van der Waals surface area (Å²) in [6.07, 6.45) is -4.29. The third-order valence-corrected chi connectivity index (χ3v) is 12.9. The molecule has 8 N–H and O–H groups in total. The van der Waals surface area contributed by atoms with Gasteiger partial charge in [0.05, 0.1) is 13.2 Å². The number of aliphatic hydroxyl groups is 1. The molecule has 438 valence electrons. The van der Waals surface area contributed by atoms with E-state index in [0.717, 1.165) is 22.3 Å². The Bertz CT molecular complexity index is 2830. The van der Waals surface area contributed by atoms with Crippen LogP contribution in [0.4, 0.5) is 28.8 Å². The summed E-state index contributed by atoms with van der Waals surface area (Å²) in [5, 5.41) is 34.6. The number of benzene rings is 4. The molecule has 2 saturated heterocycles. The molecule has 7 rings (SSSR count). The zero-order valence-corrected chi connectivity index (χ0v) is 46.0. The Balaban J connectivity index is 0.797. The summed E-state index contributed by atoms with van der Waals surface area (Å²) in [5.74, 6) is -1.01. The third kappa shape index (κ3) is 19.1. The lowest BCUT2D eigenvalue weighted by Gasteiger charge is -2.40. The zero-order valence-electron chi connectivity index (χ0n) is 46.0. The molecular weight excluding hydrogens is 1060 g/mol. The quantitative estimate of drug-likeness (QED) is 0.0246. The summed E-state index contributed by atoms with van der Waals surface area (Å²) in [4.78, 5) is 94.6. The van der Waals surface area contributed by atoms with Gasteiger partial charge in [0.15, 0.2) is 6.10 Å². The van der Waals surface area contributed by atoms with Crippen LogP contribution in [0.15, 0.2) is 122 Å². The second kappa shape index (κ2) is 30.0. The molecule has 0 aliphatic carbocycles. The van der Waals surface area contributed by atoms with Crippen molar-refractivity contribution in [2.45, 2.75) is 96.5 Å². The van der Waals surface area contributed by atoms with Crippen LogP contribution in [-0.4, -0.2) is 156 Å². The van der Waals surface area contributed by atoms with Crippen LogP contribution < -0.4 is 32.0 Å². The number of amidine groups is 1. The van der Waals surface area contributed by atoms with Crippen LogP contribution in [0.2, 0.25) is 0 Å². The summed E-state index contributed by atoms with van der Waals surface area (Å²) in [6.45, 7) is 6.88. The Kier molecular flexibility index (Phi) is 22.2. The first-order valence-corrected chi connectivity index (χ1v) is 26.8. The summed E-state index contributed by atoms with van der Waals surface area (Å²) in [5.41, 5.74) is 5.99. The van der Waals surface area contributed by atoms with Crippen LogP contribution in [0.5, 0.6) is 0 Å². The highest BCUT2D eigenvalue weighted by Gasteiger charge is 2.44. The molecule has 4 aromatic rings. The van der Waals surface area contributed by atoms with Crippen LogP contribution in [0.1, 0.15) is 67.0 Å². The maximum Gasteiger partial charge on any atom is 0.426 e. The zero-order chi connectivity index (χ0) is 58.4. The van der Waals surface area contributed by atoms with Gasteiger partial charge in [0.1, 0.15) is 49.6 Å². The molecule has 3 aliphatic rings. The Labute approximate surface area is 475 Å². The van der Waals surface area contributed by atoms with Crippen molar-refractivity contribution in [1.29, 1.82) is 5.41 Å². The number of nitrogens with one attached hydrogen (secondary N) is 7. The molecule has 0 saturated carbocycles. The molecular formula is C57H71N11O14. The van der Waals surface area contributed by atoms with E-state index < -0.39 is 66.3 Å². The van der Waals surface area contributed by atoms with Crippen LogP contribution in [-0.2, 0) is 66.1 Å². The normalized spacial score (nSPS) is 17.1. The fourth-order valence-corrected chi connectivity index (χ4v) is 8.59. The highest BCUT2D eigenvalue weighted by molar-refractivity contribution is 6.05. The largest absolute Gasteiger partial charge is 0.444 e. The van der Waals surface area contributed by atoms with Gasteiger partial charge in [-0.2, -0.15) is 0 Å². The lowest BCUT2D eigenvalue weighted by Crippen LogP contribution is -2.58. The van der Waals surface area contributed by atoms with Gasteiger partial charge in [-0.25, -0.2) is 34.2 Å². The topological polar surface area (TPSA) is 304 Å². The molecule has 82 heavy (non-hydrogen) atoms. The highest BCUT2D eigenvalue weighted by Crippen LogP contribution is 2.26. The monoisotopic (exact) mass is 1130 g/mol. The number of piperazine rings is 1. The Hall–Kier alpha value is -8.94. The lowest BCUT2D eigenvalue weighted by molar-refractivity contribution is -0.197. The molecule has 25 nitrogen and oxygen atoms in total. The van der Waals surface area contributed by atoms with Gasteiger partial charge in [-0.3, -0.25) is 25.4 Å². The van der Waals surface area contributed by atoms with E-state index in [2.05, 4.69) is 32.0 Å². The number of hydrazine groups is 1. The van der Waals surface area contributed by atoms with Gasteiger partial charge >= 0.3 is 36.4 Å². The highest BCUT2D eigenvalue weighted by atomic mass is 16.6. The molecule has 4 atom stereocenters. The van der Waals surface area contributed by atoms with Crippen molar-refractivity contribution in [3.05, 3.63) is 155 Å². The lowest BCUT2D eigenvalue weighted by atomic mass is 9.97. The van der Waals surface area contributed by atoms with E-state index in [1.807, 2.05) is 72.8 Å². The number of urea groups is 2. The van der Waals surface area contributed by atoms with E-state index in [4.69, 9.17) is 33.8 Å². The second-order valence-electron chi connectivity index (χ2n) is 20.2. The number of alkyl carbamates (subject to hydrolysis) is 2. The van der Waals surface area contributed by atoms with Crippen molar-refractivity contribution in [1.82, 2.24) is 51.7 Å². The maximum absolute atomic E-state index is 13.6. The average Bonchev–Trinajstić information content (AvgIpc) is 4.07. The van der Waals surface area contributed by atoms with E-state index in [1.54, 1.807) is 62.1 Å². The number of hydrogen-bond donors (Lipinski definition) is 8. The molecule has 3 heterocycles. The van der Waals surface area contributed by atoms with Gasteiger partial charge in [0.2, 0.25) is 0 Å². The number of aliphatic hydroxyl groups excluding tert-OH is 1. The van der Waals surface area contributed by atoms with Crippen molar-refractivity contribution < 1.29 is 67.1 Å². The van der Waals surface area contributed by atoms with Crippen LogP contribution in [0.25, 0.3) is 0 Å². The number of carbonyl (C=O) groups is 7. The second-order valence-corrected chi connectivity index (χ2v) is 20.2. The SMILES string of the molecule is CC(C)(C)OC(=O)NCc1ccc(CNC(=O)N2CCN(C(=O)O[C@@H]3CCO[C@H](C(O)C(=O)NCCCNC(=O)N4C=CN(NC(=O)OCc5ccccc5C(=N)NC(=O)OCc5ccccc5)C4)[C@H]3OCc3ccccc3)CC2)cc1. The number of carbonyl (C=O) groups excluding carboxylic acids is 7. The molecule has 3 aliphatic heterocycles. The first-order valence-electron chi connectivity index (χ1n) is 26.8. The van der Waals surface area contributed by atoms with Gasteiger partial charge in [0, 0.05) is 82.3 Å². The molecule has 4 aromatic carbocycles. The molecule has 0 radical (unpaired) electrons. The molecule has 2 fully saturated rings. The minimum absolute atomic E-state index is 0.0220. The molecule has 0 aromatic heterocycles. The maximum atomic E-state index is 13.6. The van der Waals surface area contributed by atoms with Crippen LogP contribution in [0, 0.1) is 5.41 Å². The summed E-state index contributed by atoms with van der Waals surface area (Å²) < 4.78 is 34.1. The van der Waals surface area contributed by atoms with Crippen LogP contribution in [0.3, 0.4) is 0 Å². The van der Waals surface area contributed by atoms with E-state index in [0.29, 0.717) is 11.1 Å². The van der Waals surface area contributed by atoms with Crippen molar-refractivity contribution >= 4 is 48.2 Å². The molecule has 25 heteroatoms. The van der Waals surface area contributed by atoms with E-state index in [9.17, 15) is 38.7 Å². The van der Waals surface area contributed by atoms with E-state index in [-0.39, 0.29) is 110 Å². The van der Waals surface area contributed by atoms with Crippen molar-refractivity contribution in [3.8, 4) is 0 Å². The van der Waals surface area contributed by atoms with Gasteiger partial charge in [-0.15, -0.1) is 0 Å². The van der Waals surface area contributed by atoms with Gasteiger partial charge < -0.3 is 64.6 Å². The predicted molar refractivity (Wildman–Crippen MR) is 296 cm³/mol. The number of hydrogen-bond acceptors (Lipinski definition) is 16.